The van der Waals surface area contributed by atoms with Crippen LogP contribution < -0.4 is 40.2 Å². The number of hydrogen-bond acceptors (Lipinski definition) is 5. The van der Waals surface area contributed by atoms with Crippen molar-refractivity contribution >= 4 is 68.8 Å². The minimum atomic E-state index is -3.00. The third kappa shape index (κ3) is 9.48. The van der Waals surface area contributed by atoms with Gasteiger partial charge in [-0.05, 0) is 150 Å². The molecule has 0 radical (unpaired) electrons. The second kappa shape index (κ2) is 20.7. The summed E-state index contributed by atoms with van der Waals surface area (Å²) in [6, 6.07) is 68.7. The summed E-state index contributed by atoms with van der Waals surface area (Å²) in [5, 5.41) is 5.35. The van der Waals surface area contributed by atoms with Crippen molar-refractivity contribution in [3.63, 3.8) is 0 Å². The van der Waals surface area contributed by atoms with Gasteiger partial charge < -0.3 is 14.5 Å². The Bertz CT molecular complexity index is 4730. The minimum Gasteiger partial charge on any atom is -0.457 e. The van der Waals surface area contributed by atoms with Crippen LogP contribution in [0.5, 0.6) is 11.5 Å². The quantitative estimate of drug-likeness (QED) is 0.142. The van der Waals surface area contributed by atoms with E-state index < -0.39 is 14.1 Å². The molecule has 0 aliphatic carbocycles. The number of aryl methyl sites for hydroxylation is 3. The number of aromatic nitrogens is 1. The fourth-order valence-corrected chi connectivity index (χ4v) is 19.1. The molecule has 87 heavy (non-hydrogen) atoms. The topological polar surface area (TPSA) is 31.8 Å². The van der Waals surface area contributed by atoms with Gasteiger partial charge in [0.1, 0.15) is 24.0 Å². The molecule has 4 heterocycles. The van der Waals surface area contributed by atoms with Crippen LogP contribution >= 0.6 is 0 Å². The van der Waals surface area contributed by atoms with Crippen molar-refractivity contribution in [2.45, 2.75) is 99.3 Å². The first-order chi connectivity index (χ1) is 43.8. The molecule has 6 heteroatoms. The van der Waals surface area contributed by atoms with E-state index in [9.17, 15) is 2.74 Å². The molecule has 0 N–H and O–H groups in total. The van der Waals surface area contributed by atoms with Gasteiger partial charge in [0.05, 0.1) is 29.6 Å². The van der Waals surface area contributed by atoms with E-state index in [1.54, 1.807) is 0 Å². The van der Waals surface area contributed by atoms with Crippen LogP contribution in [0.15, 0.2) is 231 Å². The number of ether oxygens (including phenoxy) is 1. The van der Waals surface area contributed by atoms with Crippen LogP contribution in [-0.2, 0) is 16.2 Å². The van der Waals surface area contributed by atoms with Gasteiger partial charge in [-0.1, -0.05) is 243 Å². The molecule has 14 rings (SSSR count). The molecule has 11 aromatic rings. The zero-order valence-electron chi connectivity index (χ0n) is 57.0. The summed E-state index contributed by atoms with van der Waals surface area (Å²) in [6.45, 7) is 27.0. The molecule has 1 aromatic heterocycles. The van der Waals surface area contributed by atoms with Gasteiger partial charge in [-0.3, -0.25) is 4.90 Å². The largest absolute Gasteiger partial charge is 0.457 e. The fraction of sp³-hybridized carbons (Fsp3) is 0.198. The number of pyridine rings is 1. The van der Waals surface area contributed by atoms with Gasteiger partial charge >= 0.3 is 0 Å². The second-order valence-electron chi connectivity index (χ2n) is 27.2. The summed E-state index contributed by atoms with van der Waals surface area (Å²) < 4.78 is 52.3. The Kier molecular flexibility index (Phi) is 11.9. The van der Waals surface area contributed by atoms with Crippen LogP contribution in [0.4, 0.5) is 39.9 Å². The van der Waals surface area contributed by atoms with Crippen molar-refractivity contribution < 1.29 is 11.6 Å². The summed E-state index contributed by atoms with van der Waals surface area (Å²) in [7, 11) is -3.00. The molecule has 5 nitrogen and oxygen atoms in total. The molecular formula is C81H76N4OSi. The third-order valence-electron chi connectivity index (χ3n) is 18.2. The average molecular weight is 1150 g/mol. The number of fused-ring (bicyclic) bond motifs is 10. The lowest BCUT2D eigenvalue weighted by Crippen LogP contribution is -2.75. The van der Waals surface area contributed by atoms with Crippen LogP contribution in [0.3, 0.4) is 0 Å². The van der Waals surface area contributed by atoms with Gasteiger partial charge in [0.25, 0.3) is 0 Å². The molecule has 3 aliphatic heterocycles. The Morgan fingerprint density at radius 2 is 0.989 bits per heavy atom. The highest BCUT2D eigenvalue weighted by molar-refractivity contribution is 7.23. The molecule has 0 saturated carbocycles. The highest BCUT2D eigenvalue weighted by Crippen LogP contribution is 2.52. The molecule has 0 amide bonds. The van der Waals surface area contributed by atoms with E-state index in [1.807, 2.05) is 42.6 Å². The molecule has 0 unspecified atom stereocenters. The lowest BCUT2D eigenvalue weighted by Gasteiger charge is -2.43. The molecule has 0 saturated heterocycles. The Morgan fingerprint density at radius 3 is 1.62 bits per heavy atom. The standard InChI is InChI=1S/C81H76N4OSi/c1-52-32-39-73-66(42-52)67-43-53(2)33-40-74(67)87(73)75-31-19-18-30-71(75)85(77-44-54(3)68(50-82-77)56-34-36-58(37-35-56)79(4,5)6)72-49-63(38-41-76(72)87)86-62-25-20-24-61(48-62)83-51-84(70-29-17-16-28-69(70)83)78-64(55-22-14-13-15-23-55)26-21-27-65(78)57-45-59(80(7,8)9)47-60(46-57)81(10,11)12/h13-50H,51H2,1-12H3/i13D,14D,15D,22D,23D. The molecular weight excluding hydrogens is 1070 g/mol. The summed E-state index contributed by atoms with van der Waals surface area (Å²) in [5.74, 6) is 2.16. The van der Waals surface area contributed by atoms with Crippen LogP contribution in [-0.4, -0.2) is 19.7 Å². The van der Waals surface area contributed by atoms with Crippen molar-refractivity contribution in [3.05, 3.63) is 264 Å². The summed E-state index contributed by atoms with van der Waals surface area (Å²) in [5.41, 5.74) is 19.9. The maximum atomic E-state index is 9.38. The van der Waals surface area contributed by atoms with Crippen LogP contribution in [0, 0.1) is 20.8 Å². The van der Waals surface area contributed by atoms with Gasteiger partial charge in [-0.2, -0.15) is 0 Å². The Balaban J connectivity index is 0.902. The van der Waals surface area contributed by atoms with Crippen LogP contribution in [0.2, 0.25) is 0 Å². The maximum Gasteiger partial charge on any atom is 0.185 e. The fourth-order valence-electron chi connectivity index (χ4n) is 13.6. The van der Waals surface area contributed by atoms with E-state index in [2.05, 4.69) is 256 Å². The highest BCUT2D eigenvalue weighted by atomic mass is 28.3. The van der Waals surface area contributed by atoms with E-state index in [0.717, 1.165) is 67.8 Å². The SMILES string of the molecule is [2H]c1c([2H])c([2H])c(-c2cccc(-c3cc(C(C)(C)C)cc(C(C)(C)C)c3)c2N2CN(c3cccc(Oc4ccc5c(c4)N(c4cc(C)c(-c6ccc(C(C)(C)C)cc6)cn4)c4ccccc4[Si]54c5ccc(C)cc5-c5cc(C)ccc54)c3)c3ccccc32)c([2H])c1[2H]. The Labute approximate surface area is 523 Å². The number of nitrogens with zero attached hydrogens (tertiary/aromatic N) is 4. The minimum absolute atomic E-state index is 0.0397. The molecule has 0 fully saturated rings. The Morgan fingerprint density at radius 1 is 0.425 bits per heavy atom. The summed E-state index contributed by atoms with van der Waals surface area (Å²) >= 11 is 0. The smallest absolute Gasteiger partial charge is 0.185 e. The number of para-hydroxylation sites is 4. The lowest BCUT2D eigenvalue weighted by molar-refractivity contribution is 0.483. The number of rotatable bonds is 8. The first kappa shape index (κ1) is 50.0. The van der Waals surface area contributed by atoms with Crippen LogP contribution in [0.1, 0.15) is 103 Å². The molecule has 430 valence electrons. The third-order valence-corrected chi connectivity index (χ3v) is 23.1. The molecule has 1 spiro atoms. The molecule has 3 aliphatic rings. The molecule has 0 atom stereocenters. The van der Waals surface area contributed by atoms with E-state index in [-0.39, 0.29) is 46.0 Å². The van der Waals surface area contributed by atoms with Crippen molar-refractivity contribution in [1.82, 2.24) is 4.98 Å². The van der Waals surface area contributed by atoms with Crippen molar-refractivity contribution in [2.75, 3.05) is 21.4 Å². The van der Waals surface area contributed by atoms with Crippen molar-refractivity contribution in [3.8, 4) is 56.0 Å². The van der Waals surface area contributed by atoms with Gasteiger partial charge in [0, 0.05) is 46.4 Å². The summed E-state index contributed by atoms with van der Waals surface area (Å²) in [6.07, 6.45) is 2.04. The first-order valence-electron chi connectivity index (χ1n) is 32.9. The van der Waals surface area contributed by atoms with Gasteiger partial charge in [-0.15, -0.1) is 0 Å². The maximum absolute atomic E-state index is 9.38. The van der Waals surface area contributed by atoms with Crippen molar-refractivity contribution in [2.24, 2.45) is 0 Å². The second-order valence-corrected chi connectivity index (χ2v) is 30.8. The first-order valence-corrected chi connectivity index (χ1v) is 32.4. The van der Waals surface area contributed by atoms with Gasteiger partial charge in [0.2, 0.25) is 0 Å². The predicted molar refractivity (Wildman–Crippen MR) is 370 cm³/mol. The highest BCUT2D eigenvalue weighted by Gasteiger charge is 2.54. The van der Waals surface area contributed by atoms with E-state index in [1.165, 1.54) is 59.7 Å². The normalized spacial score (nSPS) is 14.8. The number of anilines is 7. The summed E-state index contributed by atoms with van der Waals surface area (Å²) in [4.78, 5) is 12.3. The van der Waals surface area contributed by atoms with E-state index in [4.69, 9.17) is 13.8 Å². The number of hydrogen-bond donors (Lipinski definition) is 0. The van der Waals surface area contributed by atoms with Crippen LogP contribution in [0.25, 0.3) is 44.5 Å². The zero-order chi connectivity index (χ0) is 64.7. The van der Waals surface area contributed by atoms with Crippen molar-refractivity contribution in [1.29, 1.82) is 0 Å². The number of benzene rings is 10. The monoisotopic (exact) mass is 1150 g/mol. The molecule has 10 aromatic carbocycles. The average Bonchev–Trinajstić information content (AvgIpc) is 1.44. The van der Waals surface area contributed by atoms with Gasteiger partial charge in [0.15, 0.2) is 8.07 Å². The Hall–Kier alpha value is -9.23. The van der Waals surface area contributed by atoms with E-state index >= 15 is 0 Å². The molecule has 0 bridgehead atoms. The lowest BCUT2D eigenvalue weighted by atomic mass is 9.78. The van der Waals surface area contributed by atoms with E-state index in [0.29, 0.717) is 23.7 Å². The predicted octanol–water partition coefficient (Wildman–Crippen LogP) is 19.1. The zero-order valence-corrected chi connectivity index (χ0v) is 53.0. The van der Waals surface area contributed by atoms with Gasteiger partial charge in [-0.25, -0.2) is 4.98 Å².